The minimum Gasteiger partial charge on any atom is -0.462 e. The highest BCUT2D eigenvalue weighted by Gasteiger charge is 2.55. The largest absolute Gasteiger partial charge is 0.462 e. The topological polar surface area (TPSA) is 95.0 Å². The standard InChI is InChI=1S/C22H27N5O5/c1-6-32-20(29)15-7-9-16(10-8-15)26-13(2)14(3)27-17-18(23-21(26)27)24(4)22(30)25(19(17)28)11-12-31-5/h7-10,17-18H,6,11-12H2,1-5H3. The SMILES string of the molecule is CCOC(=O)c1ccc(N2C3=NC4C(C(=O)N(CCOC)C(=O)N4C)N3C(C)=C2C)cc1. The number of rotatable bonds is 6. The number of hydrogen-bond acceptors (Lipinski definition) is 8. The van der Waals surface area contributed by atoms with E-state index in [1.54, 1.807) is 26.1 Å². The molecular formula is C22H27N5O5. The molecule has 2 unspecified atom stereocenters. The Balaban J connectivity index is 1.67. The molecule has 32 heavy (non-hydrogen) atoms. The number of guanidine groups is 1. The molecule has 3 heterocycles. The Morgan fingerprint density at radius 1 is 1.12 bits per heavy atom. The average Bonchev–Trinajstić information content (AvgIpc) is 3.28. The Bertz CT molecular complexity index is 1020. The van der Waals surface area contributed by atoms with E-state index in [1.807, 2.05) is 35.8 Å². The molecule has 10 heteroatoms. The van der Waals surface area contributed by atoms with Crippen LogP contribution in [0.1, 0.15) is 31.1 Å². The molecule has 3 aliphatic heterocycles. The van der Waals surface area contributed by atoms with E-state index in [0.29, 0.717) is 18.1 Å². The predicted octanol–water partition coefficient (Wildman–Crippen LogP) is 1.84. The van der Waals surface area contributed by atoms with Crippen molar-refractivity contribution < 1.29 is 23.9 Å². The number of benzene rings is 1. The Hall–Kier alpha value is -3.40. The second-order valence-electron chi connectivity index (χ2n) is 7.81. The molecule has 1 saturated heterocycles. The van der Waals surface area contributed by atoms with E-state index >= 15 is 0 Å². The summed E-state index contributed by atoms with van der Waals surface area (Å²) in [5.74, 6) is -0.0855. The number of amides is 3. The van der Waals surface area contributed by atoms with Crippen LogP contribution in [0.4, 0.5) is 10.5 Å². The lowest BCUT2D eigenvalue weighted by atomic mass is 10.1. The Morgan fingerprint density at radius 3 is 2.44 bits per heavy atom. The van der Waals surface area contributed by atoms with Gasteiger partial charge in [0.1, 0.15) is 0 Å². The molecule has 0 bridgehead atoms. The zero-order valence-corrected chi connectivity index (χ0v) is 18.9. The average molecular weight is 441 g/mol. The number of carbonyl (C=O) groups excluding carboxylic acids is 3. The zero-order chi connectivity index (χ0) is 23.2. The number of allylic oxidation sites excluding steroid dienone is 2. The first kappa shape index (κ1) is 21.8. The van der Waals surface area contributed by atoms with Gasteiger partial charge in [-0.3, -0.25) is 19.5 Å². The van der Waals surface area contributed by atoms with Crippen molar-refractivity contribution >= 4 is 29.6 Å². The third-order valence-corrected chi connectivity index (χ3v) is 6.05. The summed E-state index contributed by atoms with van der Waals surface area (Å²) in [5.41, 5.74) is 3.06. The van der Waals surface area contributed by atoms with Gasteiger partial charge in [0, 0.05) is 31.2 Å². The fourth-order valence-electron chi connectivity index (χ4n) is 4.27. The van der Waals surface area contributed by atoms with Crippen molar-refractivity contribution in [3.8, 4) is 0 Å². The van der Waals surface area contributed by atoms with Gasteiger partial charge in [0.2, 0.25) is 5.96 Å². The maximum Gasteiger partial charge on any atom is 0.338 e. The van der Waals surface area contributed by atoms with Crippen LogP contribution in [0.2, 0.25) is 0 Å². The summed E-state index contributed by atoms with van der Waals surface area (Å²) in [6, 6.07) is 6.02. The molecule has 170 valence electrons. The number of urea groups is 1. The maximum absolute atomic E-state index is 13.3. The van der Waals surface area contributed by atoms with Crippen molar-refractivity contribution in [2.45, 2.75) is 33.0 Å². The molecule has 3 amide bonds. The molecule has 1 aromatic rings. The monoisotopic (exact) mass is 441 g/mol. The van der Waals surface area contributed by atoms with Gasteiger partial charge in [-0.25, -0.2) is 14.6 Å². The first-order valence-electron chi connectivity index (χ1n) is 10.5. The van der Waals surface area contributed by atoms with Crippen molar-refractivity contribution in [2.75, 3.05) is 38.8 Å². The Morgan fingerprint density at radius 2 is 1.81 bits per heavy atom. The number of carbonyl (C=O) groups is 3. The fraction of sp³-hybridized carbons (Fsp3) is 0.455. The molecule has 0 radical (unpaired) electrons. The molecule has 2 atom stereocenters. The number of hydrogen-bond donors (Lipinski definition) is 0. The fourth-order valence-corrected chi connectivity index (χ4v) is 4.27. The first-order valence-corrected chi connectivity index (χ1v) is 10.5. The summed E-state index contributed by atoms with van der Waals surface area (Å²) < 4.78 is 10.1. The molecular weight excluding hydrogens is 414 g/mol. The highest BCUT2D eigenvalue weighted by molar-refractivity contribution is 6.10. The van der Waals surface area contributed by atoms with Gasteiger partial charge in [0.25, 0.3) is 5.91 Å². The van der Waals surface area contributed by atoms with Gasteiger partial charge in [-0.1, -0.05) is 0 Å². The molecule has 10 nitrogen and oxygen atoms in total. The number of anilines is 1. The van der Waals surface area contributed by atoms with Gasteiger partial charge in [0.05, 0.1) is 25.3 Å². The highest BCUT2D eigenvalue weighted by Crippen LogP contribution is 2.39. The quantitative estimate of drug-likeness (QED) is 0.622. The van der Waals surface area contributed by atoms with E-state index in [-0.39, 0.29) is 31.1 Å². The van der Waals surface area contributed by atoms with Crippen LogP contribution < -0.4 is 4.90 Å². The van der Waals surface area contributed by atoms with Crippen molar-refractivity contribution in [3.05, 3.63) is 41.2 Å². The number of nitrogens with zero attached hydrogens (tertiary/aromatic N) is 5. The molecule has 0 spiro atoms. The van der Waals surface area contributed by atoms with E-state index in [0.717, 1.165) is 17.1 Å². The predicted molar refractivity (Wildman–Crippen MR) is 117 cm³/mol. The van der Waals surface area contributed by atoms with Crippen LogP contribution in [0.3, 0.4) is 0 Å². The second-order valence-corrected chi connectivity index (χ2v) is 7.81. The molecule has 1 fully saturated rings. The summed E-state index contributed by atoms with van der Waals surface area (Å²) in [4.78, 5) is 49.4. The maximum atomic E-state index is 13.3. The normalized spacial score (nSPS) is 22.5. The molecule has 3 aliphatic rings. The Kier molecular flexibility index (Phi) is 5.64. The smallest absolute Gasteiger partial charge is 0.338 e. The highest BCUT2D eigenvalue weighted by atomic mass is 16.5. The van der Waals surface area contributed by atoms with Crippen LogP contribution in [0, 0.1) is 0 Å². The van der Waals surface area contributed by atoms with Crippen molar-refractivity contribution in [2.24, 2.45) is 4.99 Å². The first-order chi connectivity index (χ1) is 15.3. The van der Waals surface area contributed by atoms with Crippen molar-refractivity contribution in [3.63, 3.8) is 0 Å². The number of ether oxygens (including phenoxy) is 2. The minimum atomic E-state index is -0.636. The van der Waals surface area contributed by atoms with Gasteiger partial charge >= 0.3 is 12.0 Å². The number of fused-ring (bicyclic) bond motifs is 3. The lowest BCUT2D eigenvalue weighted by Gasteiger charge is -2.40. The van der Waals surface area contributed by atoms with Gasteiger partial charge in [-0.2, -0.15) is 0 Å². The van der Waals surface area contributed by atoms with Crippen molar-refractivity contribution in [1.29, 1.82) is 0 Å². The summed E-state index contributed by atoms with van der Waals surface area (Å²) in [5, 5.41) is 0. The van der Waals surface area contributed by atoms with Gasteiger partial charge < -0.3 is 14.4 Å². The number of aliphatic imine (C=N–C) groups is 1. The number of likely N-dealkylation sites (N-methyl/N-ethyl adjacent to an activating group) is 1. The van der Waals surface area contributed by atoms with E-state index in [1.165, 1.54) is 16.9 Å². The van der Waals surface area contributed by atoms with Crippen LogP contribution in [0.5, 0.6) is 0 Å². The third kappa shape index (κ3) is 3.22. The summed E-state index contributed by atoms with van der Waals surface area (Å²) in [6.07, 6.45) is -0.617. The third-order valence-electron chi connectivity index (χ3n) is 6.05. The van der Waals surface area contributed by atoms with Gasteiger partial charge in [-0.15, -0.1) is 0 Å². The number of esters is 1. The molecule has 0 aromatic heterocycles. The lowest BCUT2D eigenvalue weighted by molar-refractivity contribution is -0.137. The Labute approximate surface area is 186 Å². The summed E-state index contributed by atoms with van der Waals surface area (Å²) in [7, 11) is 3.19. The summed E-state index contributed by atoms with van der Waals surface area (Å²) in [6.45, 7) is 6.41. The van der Waals surface area contributed by atoms with Crippen LogP contribution in [-0.2, 0) is 14.3 Å². The van der Waals surface area contributed by atoms with Gasteiger partial charge in [-0.05, 0) is 45.0 Å². The zero-order valence-electron chi connectivity index (χ0n) is 18.9. The molecule has 4 rings (SSSR count). The van der Waals surface area contributed by atoms with Crippen LogP contribution in [-0.4, -0.2) is 84.7 Å². The van der Waals surface area contributed by atoms with Crippen LogP contribution in [0.15, 0.2) is 40.7 Å². The van der Waals surface area contributed by atoms with Crippen molar-refractivity contribution in [1.82, 2.24) is 14.7 Å². The molecule has 1 aromatic carbocycles. The van der Waals surface area contributed by atoms with E-state index in [9.17, 15) is 14.4 Å². The van der Waals surface area contributed by atoms with Crippen LogP contribution >= 0.6 is 0 Å². The van der Waals surface area contributed by atoms with Crippen LogP contribution in [0.25, 0.3) is 0 Å². The number of imide groups is 1. The van der Waals surface area contributed by atoms with E-state index < -0.39 is 12.2 Å². The van der Waals surface area contributed by atoms with E-state index in [4.69, 9.17) is 14.5 Å². The second kappa shape index (κ2) is 8.27. The lowest BCUT2D eigenvalue weighted by Crippen LogP contribution is -2.65. The molecule has 0 aliphatic carbocycles. The summed E-state index contributed by atoms with van der Waals surface area (Å²) >= 11 is 0. The van der Waals surface area contributed by atoms with E-state index in [2.05, 4.69) is 0 Å². The minimum absolute atomic E-state index is 0.186. The molecule has 0 N–H and O–H groups in total. The molecule has 0 saturated carbocycles. The van der Waals surface area contributed by atoms with Gasteiger partial charge in [0.15, 0.2) is 12.2 Å². The number of methoxy groups -OCH3 is 1.